The van der Waals surface area contributed by atoms with Gasteiger partial charge in [0.1, 0.15) is 23.6 Å². The number of amides is 2. The SMILES string of the molecule is NC(=O)c1oc2ccccc2c1NC(=O)c1ccc(COc2ccccc2)cc1. The van der Waals surface area contributed by atoms with Crippen molar-refractivity contribution in [1.29, 1.82) is 0 Å². The van der Waals surface area contributed by atoms with E-state index in [-0.39, 0.29) is 17.4 Å². The van der Waals surface area contributed by atoms with Crippen LogP contribution in [0.1, 0.15) is 26.5 Å². The summed E-state index contributed by atoms with van der Waals surface area (Å²) in [6.45, 7) is 0.393. The lowest BCUT2D eigenvalue weighted by molar-refractivity contribution is 0.0977. The van der Waals surface area contributed by atoms with Crippen molar-refractivity contribution in [2.24, 2.45) is 5.73 Å². The number of nitrogens with two attached hydrogens (primary N) is 1. The second-order valence-corrected chi connectivity index (χ2v) is 6.42. The van der Waals surface area contributed by atoms with Crippen molar-refractivity contribution in [2.45, 2.75) is 6.61 Å². The first-order chi connectivity index (χ1) is 14.1. The smallest absolute Gasteiger partial charge is 0.286 e. The van der Waals surface area contributed by atoms with Gasteiger partial charge in [-0.05, 0) is 42.0 Å². The van der Waals surface area contributed by atoms with Crippen LogP contribution in [-0.4, -0.2) is 11.8 Å². The van der Waals surface area contributed by atoms with Gasteiger partial charge in [-0.25, -0.2) is 0 Å². The second kappa shape index (κ2) is 7.90. The summed E-state index contributed by atoms with van der Waals surface area (Å²) in [6, 6.07) is 23.6. The standard InChI is InChI=1S/C23H18N2O4/c24-22(26)21-20(18-8-4-5-9-19(18)29-21)25-23(27)16-12-10-15(11-13-16)14-28-17-6-2-1-3-7-17/h1-13H,14H2,(H2,24,26)(H,25,27). The quantitative estimate of drug-likeness (QED) is 0.515. The fourth-order valence-electron chi connectivity index (χ4n) is 2.96. The Balaban J connectivity index is 1.50. The van der Waals surface area contributed by atoms with Crippen LogP contribution in [0.4, 0.5) is 5.69 Å². The molecule has 0 saturated heterocycles. The highest BCUT2D eigenvalue weighted by Crippen LogP contribution is 2.31. The summed E-state index contributed by atoms with van der Waals surface area (Å²) >= 11 is 0. The van der Waals surface area contributed by atoms with Crippen LogP contribution in [0.3, 0.4) is 0 Å². The Morgan fingerprint density at radius 3 is 2.31 bits per heavy atom. The van der Waals surface area contributed by atoms with Gasteiger partial charge in [0.2, 0.25) is 5.76 Å². The van der Waals surface area contributed by atoms with Gasteiger partial charge < -0.3 is 20.2 Å². The van der Waals surface area contributed by atoms with Gasteiger partial charge in [-0.15, -0.1) is 0 Å². The van der Waals surface area contributed by atoms with E-state index in [0.29, 0.717) is 23.1 Å². The molecule has 6 heteroatoms. The molecule has 4 rings (SSSR count). The first kappa shape index (κ1) is 18.3. The number of carbonyl (C=O) groups is 2. The van der Waals surface area contributed by atoms with Gasteiger partial charge in [0.05, 0.1) is 0 Å². The Labute approximate surface area is 166 Å². The maximum absolute atomic E-state index is 12.7. The first-order valence-electron chi connectivity index (χ1n) is 9.01. The molecule has 29 heavy (non-hydrogen) atoms. The van der Waals surface area contributed by atoms with E-state index in [1.165, 1.54) is 0 Å². The molecular weight excluding hydrogens is 368 g/mol. The van der Waals surface area contributed by atoms with Crippen LogP contribution < -0.4 is 15.8 Å². The Bertz CT molecular complexity index is 1160. The third-order valence-electron chi connectivity index (χ3n) is 4.42. The highest BCUT2D eigenvalue weighted by molar-refractivity contribution is 6.14. The van der Waals surface area contributed by atoms with Crippen LogP contribution in [0.15, 0.2) is 83.3 Å². The molecule has 0 aliphatic heterocycles. The summed E-state index contributed by atoms with van der Waals surface area (Å²) in [7, 11) is 0. The summed E-state index contributed by atoms with van der Waals surface area (Å²) in [4.78, 5) is 24.4. The summed E-state index contributed by atoms with van der Waals surface area (Å²) in [5.41, 5.74) is 7.51. The molecule has 1 aromatic heterocycles. The summed E-state index contributed by atoms with van der Waals surface area (Å²) in [6.07, 6.45) is 0. The van der Waals surface area contributed by atoms with E-state index in [2.05, 4.69) is 5.32 Å². The van der Waals surface area contributed by atoms with Crippen LogP contribution in [0.5, 0.6) is 5.75 Å². The average Bonchev–Trinajstić information content (AvgIpc) is 3.12. The molecule has 0 aliphatic rings. The molecule has 0 radical (unpaired) electrons. The molecule has 0 saturated carbocycles. The highest BCUT2D eigenvalue weighted by Gasteiger charge is 2.20. The molecule has 3 N–H and O–H groups in total. The number of nitrogens with one attached hydrogen (secondary N) is 1. The zero-order chi connectivity index (χ0) is 20.2. The molecule has 0 aliphatic carbocycles. The fraction of sp³-hybridized carbons (Fsp3) is 0.0435. The van der Waals surface area contributed by atoms with E-state index in [9.17, 15) is 9.59 Å². The monoisotopic (exact) mass is 386 g/mol. The third kappa shape index (κ3) is 3.96. The molecule has 2 amide bonds. The van der Waals surface area contributed by atoms with Gasteiger partial charge in [0.25, 0.3) is 11.8 Å². The first-order valence-corrected chi connectivity index (χ1v) is 9.01. The maximum Gasteiger partial charge on any atom is 0.286 e. The zero-order valence-corrected chi connectivity index (χ0v) is 15.4. The van der Waals surface area contributed by atoms with E-state index < -0.39 is 5.91 Å². The Hall–Kier alpha value is -4.06. The molecule has 144 valence electrons. The van der Waals surface area contributed by atoms with Crippen molar-refractivity contribution in [3.63, 3.8) is 0 Å². The molecule has 0 spiro atoms. The molecule has 0 unspecified atom stereocenters. The number of primary amides is 1. The fourth-order valence-corrected chi connectivity index (χ4v) is 2.96. The predicted octanol–water partition coefficient (Wildman–Crippen LogP) is 4.36. The molecule has 4 aromatic rings. The van der Waals surface area contributed by atoms with E-state index in [1.807, 2.05) is 42.5 Å². The van der Waals surface area contributed by atoms with Crippen LogP contribution in [0.2, 0.25) is 0 Å². The minimum absolute atomic E-state index is 0.0765. The topological polar surface area (TPSA) is 94.6 Å². The molecular formula is C23H18N2O4. The van der Waals surface area contributed by atoms with Gasteiger partial charge >= 0.3 is 0 Å². The number of fused-ring (bicyclic) bond motifs is 1. The summed E-state index contributed by atoms with van der Waals surface area (Å²) in [5, 5.41) is 3.36. The molecule has 1 heterocycles. The maximum atomic E-state index is 12.7. The van der Waals surface area contributed by atoms with Crippen molar-refractivity contribution in [3.8, 4) is 5.75 Å². The number of furan rings is 1. The van der Waals surface area contributed by atoms with Gasteiger partial charge in [-0.2, -0.15) is 0 Å². The number of carbonyl (C=O) groups excluding carboxylic acids is 2. The second-order valence-electron chi connectivity index (χ2n) is 6.42. The molecule has 0 atom stereocenters. The molecule has 6 nitrogen and oxygen atoms in total. The highest BCUT2D eigenvalue weighted by atomic mass is 16.5. The summed E-state index contributed by atoms with van der Waals surface area (Å²) in [5.74, 6) is -0.410. The lowest BCUT2D eigenvalue weighted by Gasteiger charge is -2.08. The number of hydrogen-bond acceptors (Lipinski definition) is 4. The Morgan fingerprint density at radius 1 is 0.897 bits per heavy atom. The number of para-hydroxylation sites is 2. The third-order valence-corrected chi connectivity index (χ3v) is 4.42. The molecule has 0 fully saturated rings. The largest absolute Gasteiger partial charge is 0.489 e. The van der Waals surface area contributed by atoms with Crippen LogP contribution in [0, 0.1) is 0 Å². The van der Waals surface area contributed by atoms with Crippen LogP contribution >= 0.6 is 0 Å². The minimum atomic E-state index is -0.745. The lowest BCUT2D eigenvalue weighted by atomic mass is 10.1. The van der Waals surface area contributed by atoms with Crippen LogP contribution in [0.25, 0.3) is 11.0 Å². The van der Waals surface area contributed by atoms with Gasteiger partial charge in [-0.1, -0.05) is 42.5 Å². The van der Waals surface area contributed by atoms with E-state index in [0.717, 1.165) is 11.3 Å². The average molecular weight is 386 g/mol. The summed E-state index contributed by atoms with van der Waals surface area (Å²) < 4.78 is 11.2. The molecule has 0 bridgehead atoms. The number of rotatable bonds is 6. The lowest BCUT2D eigenvalue weighted by Crippen LogP contribution is -2.17. The predicted molar refractivity (Wildman–Crippen MR) is 110 cm³/mol. The zero-order valence-electron chi connectivity index (χ0n) is 15.4. The van der Waals surface area contributed by atoms with Crippen molar-refractivity contribution < 1.29 is 18.7 Å². The van der Waals surface area contributed by atoms with Crippen molar-refractivity contribution in [2.75, 3.05) is 5.32 Å². The number of ether oxygens (including phenoxy) is 1. The van der Waals surface area contributed by atoms with Crippen molar-refractivity contribution in [3.05, 3.63) is 95.7 Å². The van der Waals surface area contributed by atoms with Crippen LogP contribution in [-0.2, 0) is 6.61 Å². The van der Waals surface area contributed by atoms with Crippen molar-refractivity contribution >= 4 is 28.5 Å². The number of hydrogen-bond donors (Lipinski definition) is 2. The van der Waals surface area contributed by atoms with Gasteiger partial charge in [0.15, 0.2) is 0 Å². The number of anilines is 1. The Kier molecular flexibility index (Phi) is 4.99. The Morgan fingerprint density at radius 2 is 1.59 bits per heavy atom. The van der Waals surface area contributed by atoms with Crippen molar-refractivity contribution in [1.82, 2.24) is 0 Å². The van der Waals surface area contributed by atoms with E-state index in [1.54, 1.807) is 36.4 Å². The normalized spacial score (nSPS) is 10.6. The molecule has 3 aromatic carbocycles. The minimum Gasteiger partial charge on any atom is -0.489 e. The van der Waals surface area contributed by atoms with Gasteiger partial charge in [-0.3, -0.25) is 9.59 Å². The van der Waals surface area contributed by atoms with E-state index in [4.69, 9.17) is 14.9 Å². The van der Waals surface area contributed by atoms with Gasteiger partial charge in [0, 0.05) is 10.9 Å². The number of benzene rings is 3. The van der Waals surface area contributed by atoms with E-state index >= 15 is 0 Å².